The van der Waals surface area contributed by atoms with Gasteiger partial charge in [-0.15, -0.1) is 0 Å². The summed E-state index contributed by atoms with van der Waals surface area (Å²) in [5, 5.41) is 3.60. The van der Waals surface area contributed by atoms with Crippen molar-refractivity contribution in [2.45, 2.75) is 33.2 Å². The maximum atomic E-state index is 12.7. The van der Waals surface area contributed by atoms with Crippen molar-refractivity contribution >= 4 is 29.1 Å². The van der Waals surface area contributed by atoms with Gasteiger partial charge in [0.25, 0.3) is 0 Å². The first-order valence-corrected chi connectivity index (χ1v) is 11.0. The SMILES string of the molecule is C[C@@H]1C[C@H](C)CN(C(=O)CN2CCN([C@H](C)C(=O)Nc3ccc(Cl)cc3)CC2)C1. The molecule has 3 atom stereocenters. The summed E-state index contributed by atoms with van der Waals surface area (Å²) in [5.74, 6) is 1.39. The van der Waals surface area contributed by atoms with Crippen LogP contribution in [0.2, 0.25) is 5.02 Å². The Balaban J connectivity index is 1.44. The molecule has 2 fully saturated rings. The second-order valence-electron chi connectivity index (χ2n) is 8.73. The lowest BCUT2D eigenvalue weighted by Gasteiger charge is -2.39. The number of nitrogens with one attached hydrogen (secondary N) is 1. The lowest BCUT2D eigenvalue weighted by Crippen LogP contribution is -2.55. The average molecular weight is 421 g/mol. The maximum Gasteiger partial charge on any atom is 0.241 e. The van der Waals surface area contributed by atoms with Crippen LogP contribution in [0.1, 0.15) is 27.2 Å². The number of nitrogens with zero attached hydrogens (tertiary/aromatic N) is 3. The first-order chi connectivity index (χ1) is 13.8. The minimum atomic E-state index is -0.215. The van der Waals surface area contributed by atoms with E-state index >= 15 is 0 Å². The third-order valence-corrected chi connectivity index (χ3v) is 6.28. The normalized spacial score (nSPS) is 24.9. The van der Waals surface area contributed by atoms with E-state index < -0.39 is 0 Å². The number of halogens is 1. The van der Waals surface area contributed by atoms with Gasteiger partial charge in [0.15, 0.2) is 0 Å². The quantitative estimate of drug-likeness (QED) is 0.795. The number of benzene rings is 1. The van der Waals surface area contributed by atoms with Crippen LogP contribution in [0.25, 0.3) is 0 Å². The molecule has 0 unspecified atom stereocenters. The monoisotopic (exact) mass is 420 g/mol. The maximum absolute atomic E-state index is 12.7. The number of piperidine rings is 1. The summed E-state index contributed by atoms with van der Waals surface area (Å²) in [7, 11) is 0. The molecule has 1 aromatic rings. The van der Waals surface area contributed by atoms with Gasteiger partial charge < -0.3 is 10.2 Å². The molecular weight excluding hydrogens is 388 g/mol. The van der Waals surface area contributed by atoms with E-state index in [4.69, 9.17) is 11.6 Å². The Labute approximate surface area is 179 Å². The van der Waals surface area contributed by atoms with Crippen molar-refractivity contribution < 1.29 is 9.59 Å². The van der Waals surface area contributed by atoms with Crippen LogP contribution in [-0.2, 0) is 9.59 Å². The molecule has 2 aliphatic rings. The van der Waals surface area contributed by atoms with Crippen LogP contribution >= 0.6 is 11.6 Å². The predicted octanol–water partition coefficient (Wildman–Crippen LogP) is 2.79. The Morgan fingerprint density at radius 2 is 1.66 bits per heavy atom. The van der Waals surface area contributed by atoms with Crippen molar-refractivity contribution in [1.82, 2.24) is 14.7 Å². The molecule has 29 heavy (non-hydrogen) atoms. The van der Waals surface area contributed by atoms with Crippen molar-refractivity contribution in [1.29, 1.82) is 0 Å². The summed E-state index contributed by atoms with van der Waals surface area (Å²) in [6.45, 7) is 11.8. The number of anilines is 1. The summed E-state index contributed by atoms with van der Waals surface area (Å²) in [5.41, 5.74) is 0.750. The largest absolute Gasteiger partial charge is 0.341 e. The number of piperazine rings is 1. The Hall–Kier alpha value is -1.63. The van der Waals surface area contributed by atoms with E-state index in [0.29, 0.717) is 23.4 Å². The van der Waals surface area contributed by atoms with Crippen LogP contribution in [0.5, 0.6) is 0 Å². The molecule has 1 aromatic carbocycles. The third kappa shape index (κ3) is 6.17. The van der Waals surface area contributed by atoms with Gasteiger partial charge in [0.05, 0.1) is 12.6 Å². The van der Waals surface area contributed by atoms with E-state index in [1.807, 2.05) is 11.8 Å². The summed E-state index contributed by atoms with van der Waals surface area (Å²) < 4.78 is 0. The van der Waals surface area contributed by atoms with Crippen molar-refractivity contribution in [2.24, 2.45) is 11.8 Å². The fraction of sp³-hybridized carbons (Fsp3) is 0.636. The number of carbonyl (C=O) groups excluding carboxylic acids is 2. The Morgan fingerprint density at radius 1 is 1.07 bits per heavy atom. The highest BCUT2D eigenvalue weighted by molar-refractivity contribution is 6.30. The Bertz CT molecular complexity index is 693. The lowest BCUT2D eigenvalue weighted by molar-refractivity contribution is -0.136. The van der Waals surface area contributed by atoms with Gasteiger partial charge >= 0.3 is 0 Å². The molecule has 0 bridgehead atoms. The van der Waals surface area contributed by atoms with Gasteiger partial charge in [0, 0.05) is 50.0 Å². The second-order valence-corrected chi connectivity index (χ2v) is 9.17. The number of amides is 2. The molecule has 0 saturated carbocycles. The zero-order valence-electron chi connectivity index (χ0n) is 17.7. The topological polar surface area (TPSA) is 55.9 Å². The van der Waals surface area contributed by atoms with Gasteiger partial charge in [-0.05, 0) is 49.4 Å². The van der Waals surface area contributed by atoms with Crippen molar-refractivity contribution in [2.75, 3.05) is 51.1 Å². The van der Waals surface area contributed by atoms with E-state index in [0.717, 1.165) is 45.0 Å². The van der Waals surface area contributed by atoms with Gasteiger partial charge in [-0.1, -0.05) is 25.4 Å². The fourth-order valence-corrected chi connectivity index (χ4v) is 4.54. The van der Waals surface area contributed by atoms with Crippen LogP contribution in [0, 0.1) is 11.8 Å². The predicted molar refractivity (Wildman–Crippen MR) is 117 cm³/mol. The molecule has 3 rings (SSSR count). The van der Waals surface area contributed by atoms with Gasteiger partial charge in [0.1, 0.15) is 0 Å². The van der Waals surface area contributed by atoms with Crippen LogP contribution in [0.15, 0.2) is 24.3 Å². The van der Waals surface area contributed by atoms with E-state index in [9.17, 15) is 9.59 Å². The van der Waals surface area contributed by atoms with E-state index in [-0.39, 0.29) is 17.9 Å². The zero-order valence-corrected chi connectivity index (χ0v) is 18.5. The van der Waals surface area contributed by atoms with Crippen molar-refractivity contribution in [3.63, 3.8) is 0 Å². The minimum Gasteiger partial charge on any atom is -0.341 e. The van der Waals surface area contributed by atoms with Gasteiger partial charge in [-0.25, -0.2) is 0 Å². The Kier molecular flexibility index (Phi) is 7.55. The molecule has 1 N–H and O–H groups in total. The minimum absolute atomic E-state index is 0.0202. The molecule has 2 aliphatic heterocycles. The van der Waals surface area contributed by atoms with Crippen LogP contribution in [-0.4, -0.2) is 78.4 Å². The van der Waals surface area contributed by atoms with Gasteiger partial charge in [0.2, 0.25) is 11.8 Å². The first-order valence-electron chi connectivity index (χ1n) is 10.6. The third-order valence-electron chi connectivity index (χ3n) is 6.03. The van der Waals surface area contributed by atoms with Crippen LogP contribution in [0.4, 0.5) is 5.69 Å². The second kappa shape index (κ2) is 9.92. The van der Waals surface area contributed by atoms with Gasteiger partial charge in [-0.2, -0.15) is 0 Å². The molecule has 6 nitrogen and oxygen atoms in total. The highest BCUT2D eigenvalue weighted by Crippen LogP contribution is 2.21. The lowest BCUT2D eigenvalue weighted by atomic mass is 9.92. The molecule has 0 radical (unpaired) electrons. The summed E-state index contributed by atoms with van der Waals surface area (Å²) in [4.78, 5) is 31.7. The smallest absolute Gasteiger partial charge is 0.241 e. The molecule has 2 heterocycles. The summed E-state index contributed by atoms with van der Waals surface area (Å²) >= 11 is 5.89. The van der Waals surface area contributed by atoms with Crippen molar-refractivity contribution in [3.05, 3.63) is 29.3 Å². The number of likely N-dealkylation sites (tertiary alicyclic amines) is 1. The standard InChI is InChI=1S/C22H33ClN4O2/c1-16-12-17(2)14-27(13-16)21(28)15-25-8-10-26(11-9-25)18(3)22(29)24-20-6-4-19(23)5-7-20/h4-7,16-18H,8-15H2,1-3H3,(H,24,29)/t16-,17+,18-/m1/s1. The van der Waals surface area contributed by atoms with E-state index in [1.165, 1.54) is 6.42 Å². The molecule has 7 heteroatoms. The Morgan fingerprint density at radius 3 is 2.24 bits per heavy atom. The summed E-state index contributed by atoms with van der Waals surface area (Å²) in [6, 6.07) is 6.92. The first kappa shape index (κ1) is 22.1. The molecule has 2 saturated heterocycles. The number of carbonyl (C=O) groups is 2. The number of hydrogen-bond donors (Lipinski definition) is 1. The van der Waals surface area contributed by atoms with Crippen LogP contribution in [0.3, 0.4) is 0 Å². The number of hydrogen-bond acceptors (Lipinski definition) is 4. The van der Waals surface area contributed by atoms with Crippen LogP contribution < -0.4 is 5.32 Å². The molecule has 2 amide bonds. The van der Waals surface area contributed by atoms with E-state index in [1.54, 1.807) is 24.3 Å². The van der Waals surface area contributed by atoms with E-state index in [2.05, 4.69) is 29.0 Å². The van der Waals surface area contributed by atoms with Crippen molar-refractivity contribution in [3.8, 4) is 0 Å². The molecule has 0 spiro atoms. The number of rotatable bonds is 5. The van der Waals surface area contributed by atoms with Gasteiger partial charge in [-0.3, -0.25) is 19.4 Å². The fourth-order valence-electron chi connectivity index (χ4n) is 4.41. The molecular formula is C22H33ClN4O2. The molecule has 0 aliphatic carbocycles. The molecule has 160 valence electrons. The molecule has 0 aromatic heterocycles. The zero-order chi connectivity index (χ0) is 21.0. The summed E-state index contributed by atoms with van der Waals surface area (Å²) in [6.07, 6.45) is 1.21. The average Bonchev–Trinajstić information content (AvgIpc) is 2.69. The highest BCUT2D eigenvalue weighted by Gasteiger charge is 2.29. The highest BCUT2D eigenvalue weighted by atomic mass is 35.5.